The summed E-state index contributed by atoms with van der Waals surface area (Å²) in [5.74, 6) is -1.07. The molecule has 8 nitrogen and oxygen atoms in total. The summed E-state index contributed by atoms with van der Waals surface area (Å²) in [6.45, 7) is 6.85. The molecule has 0 spiro atoms. The number of amides is 3. The van der Waals surface area contributed by atoms with E-state index in [-0.39, 0.29) is 35.5 Å². The van der Waals surface area contributed by atoms with Crippen LogP contribution in [0.5, 0.6) is 0 Å². The molecule has 8 heteroatoms. The average molecular weight is 442 g/mol. The summed E-state index contributed by atoms with van der Waals surface area (Å²) in [4.78, 5) is 39.0. The van der Waals surface area contributed by atoms with E-state index in [9.17, 15) is 14.4 Å². The molecule has 1 aromatic rings. The first kappa shape index (κ1) is 23.8. The lowest BCUT2D eigenvalue weighted by molar-refractivity contribution is -0.137. The van der Waals surface area contributed by atoms with E-state index < -0.39 is 11.9 Å². The van der Waals surface area contributed by atoms with Gasteiger partial charge in [-0.1, -0.05) is 31.9 Å². The maximum absolute atomic E-state index is 13.0. The largest absolute Gasteiger partial charge is 0.376 e. The molecule has 1 aliphatic heterocycles. The number of likely N-dealkylation sites (tertiary alicyclic amines) is 1. The number of nitrogens with zero attached hydrogens (tertiary/aromatic N) is 1. The predicted octanol–water partition coefficient (Wildman–Crippen LogP) is 2.34. The van der Waals surface area contributed by atoms with Crippen molar-refractivity contribution in [3.63, 3.8) is 0 Å². The first-order chi connectivity index (χ1) is 15.1. The number of nitrogens with one attached hydrogen (secondary N) is 3. The van der Waals surface area contributed by atoms with Gasteiger partial charge in [-0.2, -0.15) is 0 Å². The van der Waals surface area contributed by atoms with E-state index in [1.165, 1.54) is 6.42 Å². The fourth-order valence-corrected chi connectivity index (χ4v) is 4.88. The minimum atomic E-state index is -0.827. The lowest BCUT2D eigenvalue weighted by atomic mass is 9.75. The summed E-state index contributed by atoms with van der Waals surface area (Å²) in [5, 5.41) is 14.2. The minimum absolute atomic E-state index is 0.0255. The van der Waals surface area contributed by atoms with Gasteiger partial charge in [-0.05, 0) is 56.6 Å². The Bertz CT molecular complexity index is 911. The molecule has 0 bridgehead atoms. The third-order valence-electron chi connectivity index (χ3n) is 6.55. The van der Waals surface area contributed by atoms with Crippen LogP contribution in [-0.2, 0) is 14.4 Å². The zero-order valence-electron chi connectivity index (χ0n) is 19.3. The molecule has 1 aromatic carbocycles. The van der Waals surface area contributed by atoms with Gasteiger partial charge >= 0.3 is 0 Å². The molecule has 1 aliphatic carbocycles. The normalized spacial score (nSPS) is 22.3. The van der Waals surface area contributed by atoms with E-state index in [1.54, 1.807) is 17.0 Å². The van der Waals surface area contributed by atoms with Crippen molar-refractivity contribution >= 4 is 29.1 Å². The maximum Gasteiger partial charge on any atom is 0.267 e. The lowest BCUT2D eigenvalue weighted by Gasteiger charge is -2.36. The Morgan fingerprint density at radius 1 is 1.22 bits per heavy atom. The zero-order valence-corrected chi connectivity index (χ0v) is 19.3. The van der Waals surface area contributed by atoms with Crippen molar-refractivity contribution in [1.82, 2.24) is 10.2 Å². The van der Waals surface area contributed by atoms with E-state index in [2.05, 4.69) is 24.5 Å². The van der Waals surface area contributed by atoms with Gasteiger partial charge in [-0.25, -0.2) is 0 Å². The zero-order chi connectivity index (χ0) is 23.5. The second-order valence-electron chi connectivity index (χ2n) is 9.85. The number of hydrogen-bond donors (Lipinski definition) is 4. The Balaban J connectivity index is 1.62. The van der Waals surface area contributed by atoms with E-state index in [0.717, 1.165) is 31.2 Å². The molecule has 3 rings (SSSR count). The van der Waals surface area contributed by atoms with Crippen LogP contribution < -0.4 is 16.4 Å². The second kappa shape index (κ2) is 9.71. The Morgan fingerprint density at radius 2 is 1.97 bits per heavy atom. The molecule has 2 atom stereocenters. The van der Waals surface area contributed by atoms with Gasteiger partial charge in [0.1, 0.15) is 11.8 Å². The number of hydrogen-bond acceptors (Lipinski definition) is 5. The lowest BCUT2D eigenvalue weighted by Crippen LogP contribution is -2.51. The number of nitrogens with two attached hydrogens (primary N) is 1. The summed E-state index contributed by atoms with van der Waals surface area (Å²) in [7, 11) is 0. The van der Waals surface area contributed by atoms with Gasteiger partial charge < -0.3 is 21.3 Å². The molecule has 5 N–H and O–H groups in total. The number of anilines is 1. The molecule has 32 heavy (non-hydrogen) atoms. The number of benzene rings is 1. The van der Waals surface area contributed by atoms with Crippen LogP contribution >= 0.6 is 0 Å². The van der Waals surface area contributed by atoms with Crippen molar-refractivity contribution in [2.24, 2.45) is 11.1 Å². The van der Waals surface area contributed by atoms with Crippen LogP contribution in [0.25, 0.3) is 0 Å². The summed E-state index contributed by atoms with van der Waals surface area (Å²) >= 11 is 0. The summed E-state index contributed by atoms with van der Waals surface area (Å²) in [5.41, 5.74) is 6.94. The first-order valence-electron chi connectivity index (χ1n) is 11.4. The van der Waals surface area contributed by atoms with Crippen LogP contribution in [0.4, 0.5) is 5.69 Å². The molecule has 0 radical (unpaired) electrons. The average Bonchev–Trinajstić information content (AvgIpc) is 3.21. The van der Waals surface area contributed by atoms with Crippen molar-refractivity contribution in [2.75, 3.05) is 18.4 Å². The van der Waals surface area contributed by atoms with Crippen molar-refractivity contribution < 1.29 is 14.4 Å². The van der Waals surface area contributed by atoms with Gasteiger partial charge in [0, 0.05) is 23.8 Å². The SMILES string of the molecule is Cc1ccc(NCC(=O)N2CCC[C@H]2C(=O)NC2CCCC(C)(C)C2)c(C(=N)C(N)=O)c1. The van der Waals surface area contributed by atoms with E-state index in [0.29, 0.717) is 24.2 Å². The Labute approximate surface area is 189 Å². The predicted molar refractivity (Wildman–Crippen MR) is 125 cm³/mol. The highest BCUT2D eigenvalue weighted by Crippen LogP contribution is 2.35. The van der Waals surface area contributed by atoms with E-state index in [1.807, 2.05) is 13.0 Å². The van der Waals surface area contributed by atoms with Crippen molar-refractivity contribution in [2.45, 2.75) is 71.4 Å². The summed E-state index contributed by atoms with van der Waals surface area (Å²) in [6.07, 6.45) is 5.68. The maximum atomic E-state index is 13.0. The van der Waals surface area contributed by atoms with Crippen molar-refractivity contribution in [3.05, 3.63) is 29.3 Å². The second-order valence-corrected chi connectivity index (χ2v) is 9.85. The third-order valence-corrected chi connectivity index (χ3v) is 6.55. The number of primary amides is 1. The smallest absolute Gasteiger partial charge is 0.267 e. The van der Waals surface area contributed by atoms with Crippen LogP contribution in [0.1, 0.15) is 63.5 Å². The van der Waals surface area contributed by atoms with Crippen LogP contribution in [0.2, 0.25) is 0 Å². The highest BCUT2D eigenvalue weighted by atomic mass is 16.2. The molecule has 3 amide bonds. The van der Waals surface area contributed by atoms with Gasteiger partial charge in [0.25, 0.3) is 5.91 Å². The van der Waals surface area contributed by atoms with Gasteiger partial charge in [-0.3, -0.25) is 19.8 Å². The van der Waals surface area contributed by atoms with Crippen LogP contribution in [0.3, 0.4) is 0 Å². The molecule has 1 unspecified atom stereocenters. The van der Waals surface area contributed by atoms with Crippen LogP contribution in [0.15, 0.2) is 18.2 Å². The first-order valence-corrected chi connectivity index (χ1v) is 11.4. The topological polar surface area (TPSA) is 128 Å². The van der Waals surface area contributed by atoms with Crippen molar-refractivity contribution in [1.29, 1.82) is 5.41 Å². The van der Waals surface area contributed by atoms with Gasteiger partial charge in [0.05, 0.1) is 6.54 Å². The Kier molecular flexibility index (Phi) is 7.21. The Morgan fingerprint density at radius 3 is 2.66 bits per heavy atom. The molecule has 174 valence electrons. The highest BCUT2D eigenvalue weighted by molar-refractivity contribution is 6.44. The number of carbonyl (C=O) groups excluding carboxylic acids is 3. The third kappa shape index (κ3) is 5.66. The standard InChI is InChI=1S/C24H35N5O3/c1-15-8-9-18(17(12-15)21(25)22(26)31)27-14-20(30)29-11-5-7-19(29)23(32)28-16-6-4-10-24(2,3)13-16/h8-9,12,16,19,25,27H,4-7,10-11,13-14H2,1-3H3,(H2,26,31)(H,28,32)/t16?,19-/m0/s1. The van der Waals surface area contributed by atoms with Gasteiger partial charge in [0.15, 0.2) is 0 Å². The monoisotopic (exact) mass is 441 g/mol. The molecule has 1 heterocycles. The van der Waals surface area contributed by atoms with Crippen molar-refractivity contribution in [3.8, 4) is 0 Å². The van der Waals surface area contributed by atoms with Gasteiger partial charge in [-0.15, -0.1) is 0 Å². The molecule has 1 saturated carbocycles. The molecule has 1 saturated heterocycles. The van der Waals surface area contributed by atoms with E-state index in [4.69, 9.17) is 11.1 Å². The quantitative estimate of drug-likeness (QED) is 0.484. The minimum Gasteiger partial charge on any atom is -0.376 e. The number of carbonyl (C=O) groups is 3. The molecule has 2 fully saturated rings. The van der Waals surface area contributed by atoms with Crippen LogP contribution in [0, 0.1) is 17.7 Å². The number of rotatable bonds is 7. The molecular formula is C24H35N5O3. The van der Waals surface area contributed by atoms with Crippen LogP contribution in [-0.4, -0.2) is 53.5 Å². The Hall–Kier alpha value is -2.90. The highest BCUT2D eigenvalue weighted by Gasteiger charge is 2.36. The van der Waals surface area contributed by atoms with Gasteiger partial charge in [0.2, 0.25) is 11.8 Å². The molecule has 0 aromatic heterocycles. The summed E-state index contributed by atoms with van der Waals surface area (Å²) < 4.78 is 0. The fraction of sp³-hybridized carbons (Fsp3) is 0.583. The van der Waals surface area contributed by atoms with E-state index >= 15 is 0 Å². The fourth-order valence-electron chi connectivity index (χ4n) is 4.88. The summed E-state index contributed by atoms with van der Waals surface area (Å²) in [6, 6.07) is 4.97. The number of aryl methyl sites for hydroxylation is 1. The molecular weight excluding hydrogens is 406 g/mol. The molecule has 2 aliphatic rings.